The molecule has 0 aromatic carbocycles. The predicted molar refractivity (Wildman–Crippen MR) is 122 cm³/mol. The molecule has 0 aromatic rings. The van der Waals surface area contributed by atoms with Crippen LogP contribution in [-0.4, -0.2) is 33.1 Å². The lowest BCUT2D eigenvalue weighted by molar-refractivity contribution is -0.0557. The van der Waals surface area contributed by atoms with Crippen molar-refractivity contribution in [2.75, 3.05) is 0 Å². The van der Waals surface area contributed by atoms with Gasteiger partial charge in [-0.1, -0.05) is 44.1 Å². The summed E-state index contributed by atoms with van der Waals surface area (Å²) in [5.74, 6) is 2.62. The van der Waals surface area contributed by atoms with Crippen LogP contribution in [0.5, 0.6) is 0 Å². The van der Waals surface area contributed by atoms with Crippen molar-refractivity contribution in [3.05, 3.63) is 23.3 Å². The first-order valence-corrected chi connectivity index (χ1v) is 12.5. The van der Waals surface area contributed by atoms with E-state index in [0.717, 1.165) is 25.7 Å². The normalized spacial score (nSPS) is 43.1. The van der Waals surface area contributed by atoms with E-state index >= 15 is 0 Å². The second kappa shape index (κ2) is 7.74. The van der Waals surface area contributed by atoms with Crippen LogP contribution in [0.1, 0.15) is 92.4 Å². The van der Waals surface area contributed by atoms with Crippen LogP contribution in [-0.2, 0) is 0 Å². The van der Waals surface area contributed by atoms with E-state index in [1.54, 1.807) is 19.4 Å². The van der Waals surface area contributed by atoms with Crippen molar-refractivity contribution in [2.45, 2.75) is 110 Å². The Labute approximate surface area is 183 Å². The Morgan fingerprint density at radius 3 is 2.47 bits per heavy atom. The molecule has 170 valence electrons. The van der Waals surface area contributed by atoms with Crippen molar-refractivity contribution in [2.24, 2.45) is 34.5 Å². The third kappa shape index (κ3) is 3.63. The first-order chi connectivity index (χ1) is 14.0. The molecule has 4 aliphatic rings. The zero-order valence-corrected chi connectivity index (χ0v) is 19.8. The third-order valence-electron chi connectivity index (χ3n) is 10.0. The van der Waals surface area contributed by atoms with Gasteiger partial charge < -0.3 is 15.3 Å². The van der Waals surface area contributed by atoms with E-state index in [-0.39, 0.29) is 11.5 Å². The maximum absolute atomic E-state index is 10.3. The van der Waals surface area contributed by atoms with Crippen molar-refractivity contribution in [1.82, 2.24) is 0 Å². The monoisotopic (exact) mass is 416 g/mol. The third-order valence-corrected chi connectivity index (χ3v) is 10.0. The first-order valence-electron chi connectivity index (χ1n) is 12.5. The summed E-state index contributed by atoms with van der Waals surface area (Å²) < 4.78 is 0. The zero-order valence-electron chi connectivity index (χ0n) is 19.8. The van der Waals surface area contributed by atoms with Crippen LogP contribution in [0.4, 0.5) is 0 Å². The largest absolute Gasteiger partial charge is 0.393 e. The minimum absolute atomic E-state index is 0.149. The summed E-state index contributed by atoms with van der Waals surface area (Å²) >= 11 is 0. The van der Waals surface area contributed by atoms with Gasteiger partial charge in [-0.05, 0) is 106 Å². The highest BCUT2D eigenvalue weighted by Crippen LogP contribution is 2.66. The summed E-state index contributed by atoms with van der Waals surface area (Å²) in [6.07, 6.45) is 13.8. The molecule has 3 nitrogen and oxygen atoms in total. The van der Waals surface area contributed by atoms with E-state index < -0.39 is 11.7 Å². The quantitative estimate of drug-likeness (QED) is 0.563. The van der Waals surface area contributed by atoms with E-state index in [1.165, 1.54) is 31.3 Å². The molecule has 8 atom stereocenters. The summed E-state index contributed by atoms with van der Waals surface area (Å²) in [6, 6.07) is 0. The number of hydrogen-bond acceptors (Lipinski definition) is 3. The first kappa shape index (κ1) is 22.6. The van der Waals surface area contributed by atoms with Crippen molar-refractivity contribution >= 4 is 0 Å². The average molecular weight is 417 g/mol. The molecule has 3 heteroatoms. The van der Waals surface area contributed by atoms with Crippen molar-refractivity contribution < 1.29 is 15.3 Å². The lowest BCUT2D eigenvalue weighted by atomic mass is 9.50. The second-order valence-electron chi connectivity index (χ2n) is 12.2. The summed E-state index contributed by atoms with van der Waals surface area (Å²) in [6.45, 7) is 10.8. The number of fused-ring (bicyclic) bond motifs is 5. The molecular weight excluding hydrogens is 372 g/mol. The molecule has 4 aliphatic carbocycles. The smallest absolute Gasteiger partial charge is 0.0849 e. The Morgan fingerprint density at radius 2 is 1.77 bits per heavy atom. The number of hydrogen-bond donors (Lipinski definition) is 3. The topological polar surface area (TPSA) is 60.7 Å². The Balaban J connectivity index is 1.51. The molecular formula is C27H44O3. The summed E-state index contributed by atoms with van der Waals surface area (Å²) in [4.78, 5) is 0. The summed E-state index contributed by atoms with van der Waals surface area (Å²) in [7, 11) is 0. The van der Waals surface area contributed by atoms with Crippen LogP contribution in [0.15, 0.2) is 23.3 Å². The highest BCUT2D eigenvalue weighted by Gasteiger charge is 2.56. The lowest BCUT2D eigenvalue weighted by Crippen LogP contribution is -2.46. The molecule has 0 spiro atoms. The maximum Gasteiger partial charge on any atom is 0.0849 e. The molecule has 3 N–H and O–H groups in total. The molecule has 0 aromatic heterocycles. The van der Waals surface area contributed by atoms with Gasteiger partial charge in [-0.3, -0.25) is 0 Å². The van der Waals surface area contributed by atoms with Gasteiger partial charge >= 0.3 is 0 Å². The van der Waals surface area contributed by atoms with E-state index in [0.29, 0.717) is 35.5 Å². The van der Waals surface area contributed by atoms with Gasteiger partial charge in [0.05, 0.1) is 17.8 Å². The van der Waals surface area contributed by atoms with Crippen molar-refractivity contribution in [3.63, 3.8) is 0 Å². The SMILES string of the molecule is C[C@H](CC[C@H](O)C(C)(C)O)[C@H]1CC[C@H]2C3=CC=C4CC(O)CC[C@]4(C)[C@H]3CC[C@]12C. The zero-order chi connectivity index (χ0) is 21.9. The standard InChI is InChI=1S/C27H44O3/c1-17(6-11-24(29)25(2,3)30)21-9-10-22-20-8-7-18-16-19(28)12-14-26(18,4)23(20)13-15-27(21,22)5/h7-8,17,19,21-24,28-30H,6,9-16H2,1-5H3/t17-,19?,21-,22+,23+,24+,26+,27-/m1/s1. The summed E-state index contributed by atoms with van der Waals surface area (Å²) in [5, 5.41) is 30.6. The van der Waals surface area contributed by atoms with Gasteiger partial charge in [-0.2, -0.15) is 0 Å². The fourth-order valence-corrected chi connectivity index (χ4v) is 7.93. The average Bonchev–Trinajstić information content (AvgIpc) is 3.03. The van der Waals surface area contributed by atoms with Gasteiger partial charge in [0, 0.05) is 0 Å². The highest BCUT2D eigenvalue weighted by molar-refractivity contribution is 5.38. The van der Waals surface area contributed by atoms with E-state index in [2.05, 4.69) is 32.9 Å². The Morgan fingerprint density at radius 1 is 1.03 bits per heavy atom. The molecule has 0 saturated heterocycles. The maximum atomic E-state index is 10.3. The number of rotatable bonds is 5. The number of aliphatic hydroxyl groups excluding tert-OH is 2. The molecule has 0 heterocycles. The van der Waals surface area contributed by atoms with Gasteiger partial charge in [0.15, 0.2) is 0 Å². The van der Waals surface area contributed by atoms with Gasteiger partial charge in [0.1, 0.15) is 0 Å². The molecule has 30 heavy (non-hydrogen) atoms. The fourth-order valence-electron chi connectivity index (χ4n) is 7.93. The number of allylic oxidation sites excluding steroid dienone is 3. The minimum atomic E-state index is -1.01. The van der Waals surface area contributed by atoms with Gasteiger partial charge in [0.2, 0.25) is 0 Å². The van der Waals surface area contributed by atoms with Crippen LogP contribution in [0, 0.1) is 34.5 Å². The van der Waals surface area contributed by atoms with E-state index in [4.69, 9.17) is 0 Å². The van der Waals surface area contributed by atoms with Crippen LogP contribution >= 0.6 is 0 Å². The predicted octanol–water partition coefficient (Wildman–Crippen LogP) is 5.39. The minimum Gasteiger partial charge on any atom is -0.393 e. The van der Waals surface area contributed by atoms with Gasteiger partial charge in [0.25, 0.3) is 0 Å². The Hall–Kier alpha value is -0.640. The fraction of sp³-hybridized carbons (Fsp3) is 0.852. The molecule has 1 unspecified atom stereocenters. The molecule has 4 rings (SSSR count). The van der Waals surface area contributed by atoms with Crippen LogP contribution < -0.4 is 0 Å². The van der Waals surface area contributed by atoms with Crippen molar-refractivity contribution in [1.29, 1.82) is 0 Å². The molecule has 3 fully saturated rings. The van der Waals surface area contributed by atoms with Gasteiger partial charge in [-0.25, -0.2) is 0 Å². The van der Waals surface area contributed by atoms with E-state index in [9.17, 15) is 15.3 Å². The van der Waals surface area contributed by atoms with Crippen molar-refractivity contribution in [3.8, 4) is 0 Å². The van der Waals surface area contributed by atoms with Crippen LogP contribution in [0.25, 0.3) is 0 Å². The molecule has 0 bridgehead atoms. The molecule has 3 saturated carbocycles. The second-order valence-corrected chi connectivity index (χ2v) is 12.2. The summed E-state index contributed by atoms with van der Waals surface area (Å²) in [5.41, 5.74) is 2.79. The molecule has 0 radical (unpaired) electrons. The Kier molecular flexibility index (Phi) is 5.82. The van der Waals surface area contributed by atoms with E-state index in [1.807, 2.05) is 0 Å². The van der Waals surface area contributed by atoms with Crippen LogP contribution in [0.2, 0.25) is 0 Å². The van der Waals surface area contributed by atoms with Gasteiger partial charge in [-0.15, -0.1) is 0 Å². The molecule has 0 amide bonds. The molecule has 0 aliphatic heterocycles. The Bertz CT molecular complexity index is 716. The van der Waals surface area contributed by atoms with Crippen LogP contribution in [0.3, 0.4) is 0 Å². The lowest BCUT2D eigenvalue weighted by Gasteiger charge is -2.55. The number of aliphatic hydroxyl groups is 3. The highest BCUT2D eigenvalue weighted by atomic mass is 16.3.